The first kappa shape index (κ1) is 14.7. The van der Waals surface area contributed by atoms with Crippen molar-refractivity contribution >= 4 is 27.3 Å². The molecule has 1 unspecified atom stereocenters. The topological polar surface area (TPSA) is 12.0 Å². The van der Waals surface area contributed by atoms with Crippen LogP contribution in [-0.4, -0.2) is 6.54 Å². The van der Waals surface area contributed by atoms with E-state index in [2.05, 4.69) is 47.2 Å². The third kappa shape index (κ3) is 3.65. The Morgan fingerprint density at radius 1 is 1.32 bits per heavy atom. The predicted molar refractivity (Wildman–Crippen MR) is 83.3 cm³/mol. The number of thiophene rings is 1. The molecule has 0 aliphatic heterocycles. The van der Waals surface area contributed by atoms with E-state index in [1.54, 1.807) is 17.4 Å². The molecule has 1 N–H and O–H groups in total. The number of benzene rings is 1. The van der Waals surface area contributed by atoms with Gasteiger partial charge >= 0.3 is 0 Å². The number of rotatable bonds is 5. The molecule has 0 amide bonds. The Balaban J connectivity index is 2.39. The highest BCUT2D eigenvalue weighted by atomic mass is 79.9. The van der Waals surface area contributed by atoms with Crippen LogP contribution < -0.4 is 5.32 Å². The van der Waals surface area contributed by atoms with Gasteiger partial charge in [0.2, 0.25) is 0 Å². The first-order valence-corrected chi connectivity index (χ1v) is 7.97. The Labute approximate surface area is 126 Å². The van der Waals surface area contributed by atoms with Gasteiger partial charge in [-0.15, -0.1) is 11.3 Å². The fraction of sp³-hybridized carbons (Fsp3) is 0.333. The molecule has 4 heteroatoms. The zero-order chi connectivity index (χ0) is 13.8. The zero-order valence-electron chi connectivity index (χ0n) is 11.0. The molecule has 0 saturated heterocycles. The lowest BCUT2D eigenvalue weighted by atomic mass is 10.0. The molecule has 1 atom stereocenters. The van der Waals surface area contributed by atoms with E-state index in [1.165, 1.54) is 10.9 Å². The second-order valence-electron chi connectivity index (χ2n) is 4.50. The molecule has 102 valence electrons. The highest BCUT2D eigenvalue weighted by Crippen LogP contribution is 2.31. The van der Waals surface area contributed by atoms with Crippen LogP contribution in [0.1, 0.15) is 34.7 Å². The Morgan fingerprint density at radius 2 is 2.11 bits per heavy atom. The van der Waals surface area contributed by atoms with Crippen molar-refractivity contribution in [3.63, 3.8) is 0 Å². The average Bonchev–Trinajstić information content (AvgIpc) is 2.80. The summed E-state index contributed by atoms with van der Waals surface area (Å²) >= 11 is 5.13. The summed E-state index contributed by atoms with van der Waals surface area (Å²) in [7, 11) is 0. The van der Waals surface area contributed by atoms with Crippen LogP contribution in [0.2, 0.25) is 0 Å². The van der Waals surface area contributed by atoms with Gasteiger partial charge in [-0.3, -0.25) is 0 Å². The number of hydrogen-bond donors (Lipinski definition) is 1. The Hall–Kier alpha value is -0.710. The predicted octanol–water partition coefficient (Wildman–Crippen LogP) is 5.05. The normalized spacial score (nSPS) is 12.6. The van der Waals surface area contributed by atoms with Crippen LogP contribution in [0.4, 0.5) is 4.39 Å². The maximum absolute atomic E-state index is 14.1. The molecular formula is C15H17BrFNS. The van der Waals surface area contributed by atoms with Crippen molar-refractivity contribution in [1.29, 1.82) is 0 Å². The maximum Gasteiger partial charge on any atom is 0.128 e. The SMILES string of the molecule is CCCNC(c1ccc(C)s1)c1cc(Br)ccc1F. The van der Waals surface area contributed by atoms with E-state index in [4.69, 9.17) is 0 Å². The summed E-state index contributed by atoms with van der Waals surface area (Å²) in [6, 6.07) is 9.19. The minimum absolute atomic E-state index is 0.0730. The third-order valence-electron chi connectivity index (χ3n) is 2.91. The second kappa shape index (κ2) is 6.64. The molecule has 0 aliphatic rings. The van der Waals surface area contributed by atoms with Crippen molar-refractivity contribution in [2.24, 2.45) is 0 Å². The summed E-state index contributed by atoms with van der Waals surface area (Å²) < 4.78 is 15.0. The van der Waals surface area contributed by atoms with Crippen molar-refractivity contribution < 1.29 is 4.39 Å². The molecule has 0 bridgehead atoms. The molecule has 2 rings (SSSR count). The summed E-state index contributed by atoms with van der Waals surface area (Å²) in [4.78, 5) is 2.40. The summed E-state index contributed by atoms with van der Waals surface area (Å²) in [6.45, 7) is 5.05. The fourth-order valence-electron chi connectivity index (χ4n) is 2.00. The lowest BCUT2D eigenvalue weighted by Crippen LogP contribution is -2.23. The Morgan fingerprint density at radius 3 is 2.74 bits per heavy atom. The van der Waals surface area contributed by atoms with Gasteiger partial charge in [0, 0.05) is 19.8 Å². The monoisotopic (exact) mass is 341 g/mol. The van der Waals surface area contributed by atoms with Crippen LogP contribution >= 0.6 is 27.3 Å². The van der Waals surface area contributed by atoms with Gasteiger partial charge in [0.1, 0.15) is 5.82 Å². The van der Waals surface area contributed by atoms with E-state index in [1.807, 2.05) is 6.07 Å². The highest BCUT2D eigenvalue weighted by molar-refractivity contribution is 9.10. The van der Waals surface area contributed by atoms with Crippen LogP contribution in [0.3, 0.4) is 0 Å². The maximum atomic E-state index is 14.1. The number of halogens is 2. The molecule has 1 nitrogen and oxygen atoms in total. The van der Waals surface area contributed by atoms with E-state index in [-0.39, 0.29) is 11.9 Å². The molecule has 0 radical (unpaired) electrons. The molecular weight excluding hydrogens is 325 g/mol. The van der Waals surface area contributed by atoms with Crippen LogP contribution in [0.5, 0.6) is 0 Å². The lowest BCUT2D eigenvalue weighted by Gasteiger charge is -2.18. The summed E-state index contributed by atoms with van der Waals surface area (Å²) in [5.74, 6) is -0.164. The van der Waals surface area contributed by atoms with Gasteiger partial charge in [0.15, 0.2) is 0 Å². The number of hydrogen-bond acceptors (Lipinski definition) is 2. The van der Waals surface area contributed by atoms with Crippen molar-refractivity contribution in [3.8, 4) is 0 Å². The summed E-state index contributed by atoms with van der Waals surface area (Å²) in [5, 5.41) is 3.43. The number of aryl methyl sites for hydroxylation is 1. The fourth-order valence-corrected chi connectivity index (χ4v) is 3.35. The average molecular weight is 342 g/mol. The number of nitrogens with one attached hydrogen (secondary N) is 1. The lowest BCUT2D eigenvalue weighted by molar-refractivity contribution is 0.550. The summed E-state index contributed by atoms with van der Waals surface area (Å²) in [6.07, 6.45) is 1.02. The minimum Gasteiger partial charge on any atom is -0.306 e. The zero-order valence-corrected chi connectivity index (χ0v) is 13.4. The smallest absolute Gasteiger partial charge is 0.128 e. The van der Waals surface area contributed by atoms with Crippen molar-refractivity contribution in [1.82, 2.24) is 5.32 Å². The van der Waals surface area contributed by atoms with Gasteiger partial charge in [-0.05, 0) is 50.2 Å². The molecule has 0 aliphatic carbocycles. The molecule has 0 fully saturated rings. The van der Waals surface area contributed by atoms with E-state index < -0.39 is 0 Å². The van der Waals surface area contributed by atoms with Gasteiger partial charge in [-0.25, -0.2) is 4.39 Å². The van der Waals surface area contributed by atoms with E-state index >= 15 is 0 Å². The second-order valence-corrected chi connectivity index (χ2v) is 6.74. The van der Waals surface area contributed by atoms with Crippen molar-refractivity contribution in [2.75, 3.05) is 6.54 Å². The first-order valence-electron chi connectivity index (χ1n) is 6.36. The van der Waals surface area contributed by atoms with Crippen LogP contribution in [0, 0.1) is 12.7 Å². The van der Waals surface area contributed by atoms with E-state index in [9.17, 15) is 4.39 Å². The summed E-state index contributed by atoms with van der Waals surface area (Å²) in [5.41, 5.74) is 0.699. The van der Waals surface area contributed by atoms with E-state index in [0.717, 1.165) is 22.3 Å². The minimum atomic E-state index is -0.164. The third-order valence-corrected chi connectivity index (χ3v) is 4.47. The van der Waals surface area contributed by atoms with Gasteiger partial charge in [-0.2, -0.15) is 0 Å². The molecule has 19 heavy (non-hydrogen) atoms. The Kier molecular flexibility index (Phi) is 5.13. The van der Waals surface area contributed by atoms with Crippen molar-refractivity contribution in [2.45, 2.75) is 26.3 Å². The molecule has 1 heterocycles. The first-order chi connectivity index (χ1) is 9.11. The van der Waals surface area contributed by atoms with Gasteiger partial charge in [-0.1, -0.05) is 22.9 Å². The standard InChI is InChI=1S/C15H17BrFNS/c1-3-8-18-15(14-7-4-10(2)19-14)12-9-11(16)5-6-13(12)17/h4-7,9,15,18H,3,8H2,1-2H3. The van der Waals surface area contributed by atoms with Crippen LogP contribution in [-0.2, 0) is 0 Å². The Bertz CT molecular complexity index is 553. The molecule has 0 spiro atoms. The van der Waals surface area contributed by atoms with Gasteiger partial charge in [0.05, 0.1) is 6.04 Å². The van der Waals surface area contributed by atoms with Gasteiger partial charge in [0.25, 0.3) is 0 Å². The molecule has 1 aromatic carbocycles. The quantitative estimate of drug-likeness (QED) is 0.802. The molecule has 2 aromatic rings. The van der Waals surface area contributed by atoms with Crippen LogP contribution in [0.25, 0.3) is 0 Å². The molecule has 0 saturated carbocycles. The highest BCUT2D eigenvalue weighted by Gasteiger charge is 2.19. The largest absolute Gasteiger partial charge is 0.306 e. The van der Waals surface area contributed by atoms with E-state index in [0.29, 0.717) is 5.56 Å². The van der Waals surface area contributed by atoms with Gasteiger partial charge < -0.3 is 5.32 Å². The molecule has 1 aromatic heterocycles. The van der Waals surface area contributed by atoms with Crippen molar-refractivity contribution in [3.05, 3.63) is 55.9 Å². The van der Waals surface area contributed by atoms with Crippen LogP contribution in [0.15, 0.2) is 34.8 Å².